The van der Waals surface area contributed by atoms with E-state index < -0.39 is 11.8 Å². The summed E-state index contributed by atoms with van der Waals surface area (Å²) in [5.74, 6) is -1.55. The van der Waals surface area contributed by atoms with Crippen LogP contribution >= 0.6 is 0 Å². The second kappa shape index (κ2) is 5.95. The average Bonchev–Trinajstić information content (AvgIpc) is 1.98. The van der Waals surface area contributed by atoms with Crippen molar-refractivity contribution < 1.29 is 14.4 Å². The Kier molecular flexibility index (Phi) is 5.28. The molecule has 79 valence electrons. The van der Waals surface area contributed by atoms with Crippen LogP contribution in [0.2, 0.25) is 0 Å². The molecule has 0 aromatic rings. The van der Waals surface area contributed by atoms with Gasteiger partial charge in [0, 0.05) is 13.3 Å². The van der Waals surface area contributed by atoms with Gasteiger partial charge < -0.3 is 5.73 Å². The van der Waals surface area contributed by atoms with E-state index in [1.807, 2.05) is 0 Å². The zero-order chi connectivity index (χ0) is 11.1. The van der Waals surface area contributed by atoms with E-state index in [1.165, 1.54) is 13.3 Å². The number of amides is 3. The van der Waals surface area contributed by atoms with Gasteiger partial charge >= 0.3 is 0 Å². The van der Waals surface area contributed by atoms with Gasteiger partial charge in [0.1, 0.15) is 0 Å². The third-order valence-corrected chi connectivity index (χ3v) is 1.32. The van der Waals surface area contributed by atoms with Crippen LogP contribution in [0.25, 0.3) is 0 Å². The number of carbonyl (C=O) groups excluding carboxylic acids is 3. The quantitative estimate of drug-likeness (QED) is 0.500. The largest absolute Gasteiger partial charge is 0.370 e. The van der Waals surface area contributed by atoms with E-state index in [0.717, 1.165) is 0 Å². The lowest BCUT2D eigenvalue weighted by Gasteiger charge is -2.08. The van der Waals surface area contributed by atoms with Crippen LogP contribution in [0.1, 0.15) is 20.3 Å². The molecule has 0 aliphatic rings. The van der Waals surface area contributed by atoms with Crippen LogP contribution in [-0.4, -0.2) is 17.7 Å². The lowest BCUT2D eigenvalue weighted by Crippen LogP contribution is -2.41. The van der Waals surface area contributed by atoms with Gasteiger partial charge in [-0.05, 0) is 5.92 Å². The Bertz CT molecular complexity index is 240. The summed E-state index contributed by atoms with van der Waals surface area (Å²) in [4.78, 5) is 31.9. The topological polar surface area (TPSA) is 101 Å². The van der Waals surface area contributed by atoms with Crippen LogP contribution in [0.15, 0.2) is 0 Å². The van der Waals surface area contributed by atoms with Gasteiger partial charge in [0.25, 0.3) is 0 Å². The highest BCUT2D eigenvalue weighted by molar-refractivity contribution is 5.87. The molecule has 0 bridgehead atoms. The van der Waals surface area contributed by atoms with Crippen LogP contribution in [0.3, 0.4) is 0 Å². The summed E-state index contributed by atoms with van der Waals surface area (Å²) in [7, 11) is 0. The average molecular weight is 200 g/mol. The molecule has 0 aliphatic carbocycles. The fourth-order valence-electron chi connectivity index (χ4n) is 0.826. The normalized spacial score (nSPS) is 11.6. The number of hydrazine groups is 1. The molecule has 6 nitrogen and oxygen atoms in total. The van der Waals surface area contributed by atoms with Crippen LogP contribution in [-0.2, 0) is 14.4 Å². The number of primary amides is 1. The first kappa shape index (κ1) is 12.4. The molecule has 0 unspecified atom stereocenters. The zero-order valence-electron chi connectivity index (χ0n) is 8.16. The minimum Gasteiger partial charge on any atom is -0.370 e. The summed E-state index contributed by atoms with van der Waals surface area (Å²) >= 11 is 0. The number of rotatable bonds is 4. The lowest BCUT2D eigenvalue weighted by molar-refractivity contribution is -0.126. The van der Waals surface area contributed by atoms with E-state index in [4.69, 9.17) is 5.73 Å². The molecule has 0 heterocycles. The molecule has 4 N–H and O–H groups in total. The Labute approximate surface area is 82.2 Å². The summed E-state index contributed by atoms with van der Waals surface area (Å²) < 4.78 is 0. The minimum atomic E-state index is -0.471. The lowest BCUT2D eigenvalue weighted by atomic mass is 10.0. The van der Waals surface area contributed by atoms with Gasteiger partial charge in [-0.1, -0.05) is 6.92 Å². The van der Waals surface area contributed by atoms with E-state index in [0.29, 0.717) is 0 Å². The number of nitrogens with one attached hydrogen (secondary N) is 2. The first-order valence-electron chi connectivity index (χ1n) is 4.11. The highest BCUT2D eigenvalue weighted by Crippen LogP contribution is 2.04. The molecule has 0 saturated carbocycles. The molecular weight excluding hydrogens is 186 g/mol. The molecule has 3 amide bonds. The van der Waals surface area contributed by atoms with Gasteiger partial charge in [-0.2, -0.15) is 0 Å². The van der Waals surface area contributed by atoms with Crippen LogP contribution in [0.5, 0.6) is 0 Å². The summed E-state index contributed by atoms with van der Waals surface area (Å²) in [5, 5.41) is 0. The van der Waals surface area contributed by atoms with Crippen molar-refractivity contribution in [2.24, 2.45) is 11.7 Å². The maximum Gasteiger partial charge on any atom is 0.242 e. The van der Waals surface area contributed by atoms with Crippen molar-refractivity contribution in [3.8, 4) is 0 Å². The molecule has 0 aromatic heterocycles. The van der Waals surface area contributed by atoms with Gasteiger partial charge in [-0.15, -0.1) is 0 Å². The van der Waals surface area contributed by atoms with Crippen LogP contribution in [0.4, 0.5) is 0 Å². The van der Waals surface area contributed by atoms with Crippen molar-refractivity contribution in [2.75, 3.05) is 0 Å². The second-order valence-corrected chi connectivity index (χ2v) is 2.98. The number of hydrogen-bond donors (Lipinski definition) is 3. The number of nitrogens with two attached hydrogens (primary N) is 1. The summed E-state index contributed by atoms with van der Waals surface area (Å²) in [6, 6.07) is 0. The Hall–Kier alpha value is -1.59. The molecule has 6 heteroatoms. The molecule has 1 radical (unpaired) electrons. The first-order chi connectivity index (χ1) is 6.41. The van der Waals surface area contributed by atoms with E-state index in [2.05, 4.69) is 10.9 Å². The van der Waals surface area contributed by atoms with E-state index >= 15 is 0 Å². The monoisotopic (exact) mass is 200 g/mol. The zero-order valence-corrected chi connectivity index (χ0v) is 8.16. The molecule has 0 saturated heterocycles. The maximum atomic E-state index is 11.0. The molecular formula is C8H14N3O3. The Morgan fingerprint density at radius 3 is 2.36 bits per heavy atom. The second-order valence-electron chi connectivity index (χ2n) is 2.98. The molecule has 0 aliphatic heterocycles. The predicted molar refractivity (Wildman–Crippen MR) is 49.2 cm³/mol. The SMILES string of the molecule is CC(=O)NNC(=O)[CH][C@H](C)CC(N)=O. The Balaban J connectivity index is 3.71. The Morgan fingerprint density at radius 1 is 1.36 bits per heavy atom. The van der Waals surface area contributed by atoms with Crippen molar-refractivity contribution in [2.45, 2.75) is 20.3 Å². The summed E-state index contributed by atoms with van der Waals surface area (Å²) in [6.45, 7) is 2.95. The smallest absolute Gasteiger partial charge is 0.242 e. The van der Waals surface area contributed by atoms with Gasteiger partial charge in [0.05, 0.1) is 6.42 Å². The van der Waals surface area contributed by atoms with Crippen molar-refractivity contribution in [3.63, 3.8) is 0 Å². The minimum absolute atomic E-state index is 0.105. The summed E-state index contributed by atoms with van der Waals surface area (Å²) in [5.41, 5.74) is 9.19. The van der Waals surface area contributed by atoms with Crippen LogP contribution in [0, 0.1) is 12.3 Å². The van der Waals surface area contributed by atoms with Crippen molar-refractivity contribution in [1.82, 2.24) is 10.9 Å². The predicted octanol–water partition coefficient (Wildman–Crippen LogP) is -1.13. The van der Waals surface area contributed by atoms with Gasteiger partial charge in [-0.25, -0.2) is 0 Å². The molecule has 0 aromatic carbocycles. The van der Waals surface area contributed by atoms with Crippen LogP contribution < -0.4 is 16.6 Å². The molecule has 0 fully saturated rings. The van der Waals surface area contributed by atoms with E-state index in [1.54, 1.807) is 6.92 Å². The van der Waals surface area contributed by atoms with Gasteiger partial charge in [0.15, 0.2) is 0 Å². The third kappa shape index (κ3) is 7.08. The van der Waals surface area contributed by atoms with Crippen molar-refractivity contribution >= 4 is 17.7 Å². The highest BCUT2D eigenvalue weighted by Gasteiger charge is 2.11. The Morgan fingerprint density at radius 2 is 1.93 bits per heavy atom. The van der Waals surface area contributed by atoms with Crippen molar-refractivity contribution in [3.05, 3.63) is 6.42 Å². The molecule has 1 atom stereocenters. The molecule has 0 spiro atoms. The molecule has 14 heavy (non-hydrogen) atoms. The first-order valence-corrected chi connectivity index (χ1v) is 4.11. The maximum absolute atomic E-state index is 11.0. The summed E-state index contributed by atoms with van der Waals surface area (Å²) in [6.07, 6.45) is 1.38. The van der Waals surface area contributed by atoms with Gasteiger partial charge in [-0.3, -0.25) is 25.2 Å². The molecule has 0 rings (SSSR count). The van der Waals surface area contributed by atoms with E-state index in [9.17, 15) is 14.4 Å². The number of hydrogen-bond acceptors (Lipinski definition) is 3. The highest BCUT2D eigenvalue weighted by atomic mass is 16.2. The van der Waals surface area contributed by atoms with Gasteiger partial charge in [0.2, 0.25) is 17.7 Å². The third-order valence-electron chi connectivity index (χ3n) is 1.32. The standard InChI is InChI=1S/C8H14N3O3/c1-5(3-7(9)13)4-8(14)11-10-6(2)12/h4-5H,3H2,1-2H3,(H2,9,13)(H,10,12)(H,11,14)/t5-/m1/s1. The fourth-order valence-corrected chi connectivity index (χ4v) is 0.826. The van der Waals surface area contributed by atoms with Crippen molar-refractivity contribution in [1.29, 1.82) is 0 Å². The fraction of sp³-hybridized carbons (Fsp3) is 0.500. The van der Waals surface area contributed by atoms with E-state index in [-0.39, 0.29) is 18.2 Å². The number of carbonyl (C=O) groups is 3.